The van der Waals surface area contributed by atoms with Crippen LogP contribution in [0.4, 0.5) is 0 Å². The second-order valence-electron chi connectivity index (χ2n) is 3.52. The lowest BCUT2D eigenvalue weighted by molar-refractivity contribution is 0.101. The van der Waals surface area contributed by atoms with E-state index in [0.29, 0.717) is 17.9 Å². The highest BCUT2D eigenvalue weighted by Crippen LogP contribution is 2.46. The van der Waals surface area contributed by atoms with Gasteiger partial charge in [-0.1, -0.05) is 12.1 Å². The zero-order valence-electron chi connectivity index (χ0n) is 10.7. The monoisotopic (exact) mass is 272 g/mol. The fourth-order valence-electron chi connectivity index (χ4n) is 1.40. The molecule has 0 N–H and O–H groups in total. The number of hydrogen-bond acceptors (Lipinski definition) is 5. The fraction of sp³-hybridized carbons (Fsp3) is 0.417. The van der Waals surface area contributed by atoms with Gasteiger partial charge in [-0.15, -0.1) is 0 Å². The minimum Gasteiger partial charge on any atom is -0.494 e. The van der Waals surface area contributed by atoms with Crippen molar-refractivity contribution in [3.8, 4) is 5.75 Å². The minimum absolute atomic E-state index is 0.282. The van der Waals surface area contributed by atoms with Gasteiger partial charge >= 0.3 is 7.60 Å². The summed E-state index contributed by atoms with van der Waals surface area (Å²) in [6, 6.07) is 6.72. The third-order valence-corrected chi connectivity index (χ3v) is 4.15. The molecular formula is C12H17O5P. The Bertz CT molecular complexity index is 450. The van der Waals surface area contributed by atoms with Crippen LogP contribution in [0, 0.1) is 0 Å². The number of benzene rings is 1. The molecule has 0 saturated heterocycles. The van der Waals surface area contributed by atoms with Gasteiger partial charge in [0, 0.05) is 19.8 Å². The maximum atomic E-state index is 11.9. The van der Waals surface area contributed by atoms with Crippen molar-refractivity contribution in [2.75, 3.05) is 27.0 Å². The Labute approximate surface area is 107 Å². The first-order chi connectivity index (χ1) is 8.54. The summed E-state index contributed by atoms with van der Waals surface area (Å²) in [5.41, 5.74) is 0.426. The highest BCUT2D eigenvalue weighted by Gasteiger charge is 2.26. The number of carbonyl (C=O) groups is 1. The van der Waals surface area contributed by atoms with Crippen molar-refractivity contribution in [2.45, 2.75) is 6.92 Å². The molecule has 18 heavy (non-hydrogen) atoms. The fourth-order valence-corrected chi connectivity index (χ4v) is 2.34. The number of ether oxygens (including phenoxy) is 1. The lowest BCUT2D eigenvalue weighted by Gasteiger charge is -2.12. The molecule has 1 aromatic rings. The normalized spacial score (nSPS) is 11.3. The van der Waals surface area contributed by atoms with E-state index >= 15 is 0 Å². The lowest BCUT2D eigenvalue weighted by Crippen LogP contribution is -2.08. The van der Waals surface area contributed by atoms with Gasteiger partial charge in [0.2, 0.25) is 0 Å². The maximum Gasteiger partial charge on any atom is 0.337 e. The summed E-state index contributed by atoms with van der Waals surface area (Å²) >= 11 is 0. The van der Waals surface area contributed by atoms with E-state index in [0.717, 1.165) is 0 Å². The van der Waals surface area contributed by atoms with E-state index in [4.69, 9.17) is 13.8 Å². The third-order valence-electron chi connectivity index (χ3n) is 2.36. The summed E-state index contributed by atoms with van der Waals surface area (Å²) in [4.78, 5) is 11.9. The summed E-state index contributed by atoms with van der Waals surface area (Å²) in [6.45, 7) is 2.38. The third kappa shape index (κ3) is 3.95. The Hall–Kier alpha value is -1.16. The molecule has 0 bridgehead atoms. The van der Waals surface area contributed by atoms with Crippen LogP contribution in [-0.4, -0.2) is 32.8 Å². The molecule has 1 aromatic carbocycles. The molecule has 0 spiro atoms. The Morgan fingerprint density at radius 1 is 1.28 bits per heavy atom. The molecule has 0 aliphatic heterocycles. The van der Waals surface area contributed by atoms with E-state index in [2.05, 4.69) is 0 Å². The van der Waals surface area contributed by atoms with Crippen molar-refractivity contribution in [2.24, 2.45) is 0 Å². The Balaban J connectivity index is 2.84. The molecule has 0 fully saturated rings. The van der Waals surface area contributed by atoms with Crippen LogP contribution in [0.3, 0.4) is 0 Å². The molecule has 0 aliphatic carbocycles. The average molecular weight is 272 g/mol. The van der Waals surface area contributed by atoms with Gasteiger partial charge in [-0.25, -0.2) is 0 Å². The lowest BCUT2D eigenvalue weighted by atomic mass is 10.1. The minimum atomic E-state index is -3.32. The molecule has 0 aliphatic rings. The van der Waals surface area contributed by atoms with E-state index in [1.807, 2.05) is 6.92 Å². The van der Waals surface area contributed by atoms with E-state index in [1.54, 1.807) is 24.3 Å². The first-order valence-electron chi connectivity index (χ1n) is 5.51. The average Bonchev–Trinajstić information content (AvgIpc) is 2.39. The van der Waals surface area contributed by atoms with Crippen LogP contribution in [0.25, 0.3) is 0 Å². The van der Waals surface area contributed by atoms with E-state index in [1.165, 1.54) is 14.2 Å². The van der Waals surface area contributed by atoms with Gasteiger partial charge in [-0.05, 0) is 19.1 Å². The quantitative estimate of drug-likeness (QED) is 0.564. The van der Waals surface area contributed by atoms with E-state index < -0.39 is 7.60 Å². The SMILES string of the molecule is CCOc1cccc(C(=O)CP(=O)(OC)OC)c1. The number of hydrogen-bond donors (Lipinski definition) is 0. The predicted octanol–water partition coefficient (Wildman–Crippen LogP) is 2.75. The van der Waals surface area contributed by atoms with Gasteiger partial charge in [0.15, 0.2) is 5.78 Å². The topological polar surface area (TPSA) is 61.8 Å². The number of ketones is 1. The second-order valence-corrected chi connectivity index (χ2v) is 5.79. The number of carbonyl (C=O) groups excluding carboxylic acids is 1. The van der Waals surface area contributed by atoms with Crippen molar-refractivity contribution in [3.63, 3.8) is 0 Å². The van der Waals surface area contributed by atoms with Crippen LogP contribution >= 0.6 is 7.60 Å². The van der Waals surface area contributed by atoms with Crippen molar-refractivity contribution in [1.82, 2.24) is 0 Å². The standard InChI is InChI=1S/C12H17O5P/c1-4-17-11-7-5-6-10(8-11)12(13)9-18(14,15-2)16-3/h5-8H,4,9H2,1-3H3. The Kier molecular flexibility index (Phi) is 5.54. The molecule has 0 unspecified atom stereocenters. The van der Waals surface area contributed by atoms with Crippen molar-refractivity contribution >= 4 is 13.4 Å². The summed E-state index contributed by atoms with van der Waals surface area (Å²) in [6.07, 6.45) is -0.282. The van der Waals surface area contributed by atoms with Gasteiger partial charge < -0.3 is 13.8 Å². The van der Waals surface area contributed by atoms with Gasteiger partial charge in [-0.2, -0.15) is 0 Å². The molecule has 100 valence electrons. The number of rotatable bonds is 7. The zero-order valence-corrected chi connectivity index (χ0v) is 11.6. The molecule has 6 heteroatoms. The van der Waals surface area contributed by atoms with E-state index in [-0.39, 0.29) is 11.9 Å². The highest BCUT2D eigenvalue weighted by atomic mass is 31.2. The molecule has 0 saturated carbocycles. The van der Waals surface area contributed by atoms with Crippen molar-refractivity contribution in [1.29, 1.82) is 0 Å². The van der Waals surface area contributed by atoms with Crippen molar-refractivity contribution < 1.29 is 23.1 Å². The summed E-state index contributed by atoms with van der Waals surface area (Å²) in [7, 11) is -0.807. The molecular weight excluding hydrogens is 255 g/mol. The van der Waals surface area contributed by atoms with Crippen LogP contribution in [0.5, 0.6) is 5.75 Å². The summed E-state index contributed by atoms with van der Waals surface area (Å²) in [5.74, 6) is 0.302. The van der Waals surface area contributed by atoms with Crippen molar-refractivity contribution in [3.05, 3.63) is 29.8 Å². The van der Waals surface area contributed by atoms with Gasteiger partial charge in [0.25, 0.3) is 0 Å². The largest absolute Gasteiger partial charge is 0.494 e. The Morgan fingerprint density at radius 2 is 1.94 bits per heavy atom. The summed E-state index contributed by atoms with van der Waals surface area (Å²) < 4.78 is 26.6. The van der Waals surface area contributed by atoms with Gasteiger partial charge in [-0.3, -0.25) is 9.36 Å². The van der Waals surface area contributed by atoms with Gasteiger partial charge in [0.05, 0.1) is 6.61 Å². The first kappa shape index (κ1) is 14.9. The first-order valence-corrected chi connectivity index (χ1v) is 7.24. The molecule has 0 atom stereocenters. The molecule has 5 nitrogen and oxygen atoms in total. The molecule has 0 heterocycles. The highest BCUT2D eigenvalue weighted by molar-refractivity contribution is 7.54. The number of Topliss-reactive ketones (excluding diaryl/α,β-unsaturated/α-hetero) is 1. The second kappa shape index (κ2) is 6.69. The smallest absolute Gasteiger partial charge is 0.337 e. The van der Waals surface area contributed by atoms with Crippen LogP contribution in [0.15, 0.2) is 24.3 Å². The van der Waals surface area contributed by atoms with Crippen LogP contribution in [-0.2, 0) is 13.6 Å². The van der Waals surface area contributed by atoms with Gasteiger partial charge in [0.1, 0.15) is 11.9 Å². The molecule has 1 rings (SSSR count). The van der Waals surface area contributed by atoms with Crippen LogP contribution in [0.1, 0.15) is 17.3 Å². The predicted molar refractivity (Wildman–Crippen MR) is 68.4 cm³/mol. The zero-order chi connectivity index (χ0) is 13.6. The maximum absolute atomic E-state index is 11.9. The Morgan fingerprint density at radius 3 is 2.50 bits per heavy atom. The molecule has 0 radical (unpaired) electrons. The van der Waals surface area contributed by atoms with E-state index in [9.17, 15) is 9.36 Å². The summed E-state index contributed by atoms with van der Waals surface area (Å²) in [5, 5.41) is 0. The van der Waals surface area contributed by atoms with Crippen LogP contribution in [0.2, 0.25) is 0 Å². The molecule has 0 amide bonds. The van der Waals surface area contributed by atoms with Crippen LogP contribution < -0.4 is 4.74 Å². The molecule has 0 aromatic heterocycles.